The number of hydrogen-bond donors (Lipinski definition) is 1. The van der Waals surface area contributed by atoms with Gasteiger partial charge in [-0.3, -0.25) is 9.36 Å². The van der Waals surface area contributed by atoms with Crippen LogP contribution in [0.4, 0.5) is 8.78 Å². The molecule has 0 bridgehead atoms. The van der Waals surface area contributed by atoms with E-state index in [1.165, 1.54) is 12.1 Å². The number of benzene rings is 1. The van der Waals surface area contributed by atoms with E-state index in [-0.39, 0.29) is 17.1 Å². The van der Waals surface area contributed by atoms with Crippen molar-refractivity contribution in [1.82, 2.24) is 19.9 Å². The molecule has 3 aromatic rings. The fraction of sp³-hybridized carbons (Fsp3) is 0.370. The Bertz CT molecular complexity index is 1290. The molecule has 0 spiro atoms. The summed E-state index contributed by atoms with van der Waals surface area (Å²) in [5.74, 6) is -0.0520. The molecule has 1 N–H and O–H groups in total. The highest BCUT2D eigenvalue weighted by Gasteiger charge is 2.34. The maximum absolute atomic E-state index is 14.0. The van der Waals surface area contributed by atoms with Crippen LogP contribution in [0.3, 0.4) is 0 Å². The predicted molar refractivity (Wildman–Crippen MR) is 127 cm³/mol. The first kappa shape index (κ1) is 22.4. The molecule has 0 unspecified atom stereocenters. The van der Waals surface area contributed by atoms with E-state index in [1.54, 1.807) is 29.2 Å². The molecule has 0 atom stereocenters. The second-order valence-electron chi connectivity index (χ2n) is 9.23. The topological polar surface area (TPSA) is 59.8 Å². The summed E-state index contributed by atoms with van der Waals surface area (Å²) < 4.78 is 29.3. The lowest BCUT2D eigenvalue weighted by atomic mass is 9.69. The fourth-order valence-electron chi connectivity index (χ4n) is 5.43. The highest BCUT2D eigenvalue weighted by atomic mass is 19.1. The van der Waals surface area contributed by atoms with E-state index < -0.39 is 6.67 Å². The maximum Gasteiger partial charge on any atom is 0.253 e. The van der Waals surface area contributed by atoms with Gasteiger partial charge in [0.1, 0.15) is 12.5 Å². The van der Waals surface area contributed by atoms with Crippen LogP contribution in [0.5, 0.6) is 0 Å². The van der Waals surface area contributed by atoms with E-state index >= 15 is 0 Å². The Morgan fingerprint density at radius 3 is 2.53 bits per heavy atom. The van der Waals surface area contributed by atoms with Crippen molar-refractivity contribution < 1.29 is 13.6 Å². The van der Waals surface area contributed by atoms with Crippen LogP contribution in [0.25, 0.3) is 17.6 Å². The second-order valence-corrected chi connectivity index (χ2v) is 9.23. The molecular formula is C27H28F2N4O. The summed E-state index contributed by atoms with van der Waals surface area (Å²) in [6.07, 6.45) is 13.5. The lowest BCUT2D eigenvalue weighted by Gasteiger charge is -2.38. The van der Waals surface area contributed by atoms with Gasteiger partial charge in [0.05, 0.1) is 10.9 Å². The number of fused-ring (bicyclic) bond motifs is 1. The number of alkyl halides is 1. The molecule has 34 heavy (non-hydrogen) atoms. The number of nitrogens with zero attached hydrogens (tertiary/aromatic N) is 3. The minimum absolute atomic E-state index is 0.231. The quantitative estimate of drug-likeness (QED) is 0.607. The van der Waals surface area contributed by atoms with E-state index in [0.29, 0.717) is 41.7 Å². The van der Waals surface area contributed by atoms with Crippen molar-refractivity contribution in [1.29, 1.82) is 0 Å². The molecule has 1 aromatic carbocycles. The number of rotatable bonds is 6. The standard InChI is InChI=1S/C27H28F2N4O/c28-16-19-6-4-7-23-24(19)22(17-33(23)26-30-14-5-15-31-26)25(34)32-18-27(12-2-1-3-13-27)20-8-10-21(29)11-9-20/h5,7-11,14-15,17H,1-4,6,12-13,16,18H2,(H,32,34). The zero-order chi connectivity index (χ0) is 23.5. The monoisotopic (exact) mass is 462 g/mol. The Labute approximate surface area is 197 Å². The van der Waals surface area contributed by atoms with Crippen molar-refractivity contribution in [2.24, 2.45) is 0 Å². The summed E-state index contributed by atoms with van der Waals surface area (Å²) in [6, 6.07) is 8.38. The molecule has 2 aromatic heterocycles. The summed E-state index contributed by atoms with van der Waals surface area (Å²) in [6.45, 7) is -0.145. The first-order chi connectivity index (χ1) is 16.6. The lowest BCUT2D eigenvalue weighted by molar-refractivity contribution is 0.0935. The van der Waals surface area contributed by atoms with E-state index in [4.69, 9.17) is 0 Å². The minimum atomic E-state index is -0.597. The molecule has 176 valence electrons. The first-order valence-electron chi connectivity index (χ1n) is 11.9. The highest BCUT2D eigenvalue weighted by Crippen LogP contribution is 2.39. The van der Waals surface area contributed by atoms with E-state index in [9.17, 15) is 13.6 Å². The highest BCUT2D eigenvalue weighted by molar-refractivity contribution is 5.95. The van der Waals surface area contributed by atoms with Crippen LogP contribution in [-0.2, 0) is 5.41 Å². The lowest BCUT2D eigenvalue weighted by Crippen LogP contribution is -2.44. The van der Waals surface area contributed by atoms with E-state index in [0.717, 1.165) is 43.0 Å². The van der Waals surface area contributed by atoms with Gasteiger partial charge in [0.15, 0.2) is 0 Å². The number of aromatic nitrogens is 3. The minimum Gasteiger partial charge on any atom is -0.351 e. The molecule has 0 radical (unpaired) electrons. The smallest absolute Gasteiger partial charge is 0.253 e. The van der Waals surface area contributed by atoms with Crippen LogP contribution in [0.2, 0.25) is 0 Å². The Morgan fingerprint density at radius 2 is 1.82 bits per heavy atom. The van der Waals surface area contributed by atoms with Crippen molar-refractivity contribution in [2.75, 3.05) is 13.2 Å². The third-order valence-corrected chi connectivity index (χ3v) is 7.21. The normalized spacial score (nSPS) is 17.1. The fourth-order valence-corrected chi connectivity index (χ4v) is 5.43. The molecule has 5 rings (SSSR count). The van der Waals surface area contributed by atoms with Gasteiger partial charge in [-0.2, -0.15) is 0 Å². The van der Waals surface area contributed by atoms with Gasteiger partial charge in [-0.05, 0) is 55.0 Å². The number of carbonyl (C=O) groups is 1. The van der Waals surface area contributed by atoms with Gasteiger partial charge in [0.25, 0.3) is 5.91 Å². The molecule has 2 heterocycles. The molecule has 1 saturated carbocycles. The summed E-state index contributed by atoms with van der Waals surface area (Å²) in [5, 5.41) is 4.56. The molecule has 7 heteroatoms. The molecule has 2 aliphatic rings. The van der Waals surface area contributed by atoms with Crippen LogP contribution < -0.4 is 15.9 Å². The van der Waals surface area contributed by atoms with E-state index in [1.807, 2.05) is 18.2 Å². The summed E-state index contributed by atoms with van der Waals surface area (Å²) in [4.78, 5) is 22.2. The Hall–Kier alpha value is -3.35. The third kappa shape index (κ3) is 4.15. The molecule has 0 aliphatic heterocycles. The average Bonchev–Trinajstić information content (AvgIpc) is 3.29. The van der Waals surface area contributed by atoms with Crippen molar-refractivity contribution in [2.45, 2.75) is 50.4 Å². The van der Waals surface area contributed by atoms with Gasteiger partial charge in [-0.25, -0.2) is 18.7 Å². The van der Waals surface area contributed by atoms with E-state index in [2.05, 4.69) is 15.3 Å². The predicted octanol–water partition coefficient (Wildman–Crippen LogP) is 3.73. The molecule has 2 aliphatic carbocycles. The van der Waals surface area contributed by atoms with Gasteiger partial charge in [-0.15, -0.1) is 0 Å². The van der Waals surface area contributed by atoms with Gasteiger partial charge in [-0.1, -0.05) is 37.5 Å². The summed E-state index contributed by atoms with van der Waals surface area (Å²) >= 11 is 0. The molecule has 1 fully saturated rings. The third-order valence-electron chi connectivity index (χ3n) is 7.21. The SMILES string of the molecule is O=C(NCC1(c2ccc(F)cc2)CCCCC1)c1cn(-c2ncccn2)c2c1=C(CF)CCC=2. The van der Waals surface area contributed by atoms with Gasteiger partial charge >= 0.3 is 0 Å². The Kier molecular flexibility index (Phi) is 6.26. The Morgan fingerprint density at radius 1 is 1.09 bits per heavy atom. The van der Waals surface area contributed by atoms with Crippen molar-refractivity contribution in [3.05, 3.63) is 76.4 Å². The van der Waals surface area contributed by atoms with Gasteiger partial charge in [0.2, 0.25) is 5.95 Å². The van der Waals surface area contributed by atoms with Crippen LogP contribution in [-0.4, -0.2) is 33.7 Å². The summed E-state index contributed by atoms with van der Waals surface area (Å²) in [7, 11) is 0. The zero-order valence-corrected chi connectivity index (χ0v) is 19.1. The second kappa shape index (κ2) is 9.49. The maximum atomic E-state index is 14.0. The number of halogens is 2. The first-order valence-corrected chi connectivity index (χ1v) is 11.9. The molecule has 5 nitrogen and oxygen atoms in total. The van der Waals surface area contributed by atoms with Crippen molar-refractivity contribution in [3.63, 3.8) is 0 Å². The van der Waals surface area contributed by atoms with Crippen molar-refractivity contribution in [3.8, 4) is 5.95 Å². The van der Waals surface area contributed by atoms with Crippen LogP contribution >= 0.6 is 0 Å². The number of carbonyl (C=O) groups excluding carboxylic acids is 1. The molecular weight excluding hydrogens is 434 g/mol. The Balaban J connectivity index is 1.50. The number of nitrogens with one attached hydrogen (secondary N) is 1. The van der Waals surface area contributed by atoms with Crippen LogP contribution in [0.15, 0.2) is 48.9 Å². The molecule has 1 amide bonds. The van der Waals surface area contributed by atoms with Crippen LogP contribution in [0.1, 0.15) is 60.9 Å². The molecule has 0 saturated heterocycles. The summed E-state index contributed by atoms with van der Waals surface area (Å²) in [5.41, 5.74) is 1.89. The number of hydrogen-bond acceptors (Lipinski definition) is 3. The zero-order valence-electron chi connectivity index (χ0n) is 19.1. The largest absolute Gasteiger partial charge is 0.351 e. The van der Waals surface area contributed by atoms with Gasteiger partial charge < -0.3 is 5.32 Å². The van der Waals surface area contributed by atoms with Crippen molar-refractivity contribution >= 4 is 17.6 Å². The average molecular weight is 463 g/mol. The van der Waals surface area contributed by atoms with Gasteiger partial charge in [0, 0.05) is 35.8 Å². The number of amides is 1. The van der Waals surface area contributed by atoms with Crippen LogP contribution in [0, 0.1) is 5.82 Å².